The Morgan fingerprint density at radius 1 is 1.10 bits per heavy atom. The van der Waals surface area contributed by atoms with Crippen molar-refractivity contribution >= 4 is 22.6 Å². The quantitative estimate of drug-likeness (QED) is 0.557. The Balaban J connectivity index is 1.59. The molecule has 0 saturated carbocycles. The van der Waals surface area contributed by atoms with Crippen LogP contribution in [0.3, 0.4) is 0 Å². The highest BCUT2D eigenvalue weighted by Gasteiger charge is 2.40. The van der Waals surface area contributed by atoms with Gasteiger partial charge in [0.1, 0.15) is 17.3 Å². The van der Waals surface area contributed by atoms with Gasteiger partial charge in [0.05, 0.1) is 17.0 Å². The number of hydrogen-bond acceptors (Lipinski definition) is 3. The topological polar surface area (TPSA) is 66.8 Å². The number of anilines is 1. The van der Waals surface area contributed by atoms with Gasteiger partial charge in [-0.05, 0) is 79.6 Å². The lowest BCUT2D eigenvalue weighted by Crippen LogP contribution is -2.33. The minimum atomic E-state index is -1.59. The first-order valence-corrected chi connectivity index (χ1v) is 11.0. The predicted octanol–water partition coefficient (Wildman–Crippen LogP) is 5.42. The summed E-state index contributed by atoms with van der Waals surface area (Å²) < 4.78 is 34.8. The second kappa shape index (κ2) is 8.51. The van der Waals surface area contributed by atoms with E-state index < -0.39 is 28.7 Å². The van der Waals surface area contributed by atoms with Gasteiger partial charge in [0.2, 0.25) is 0 Å². The molecule has 0 fully saturated rings. The van der Waals surface area contributed by atoms with Crippen LogP contribution in [0.25, 0.3) is 0 Å². The summed E-state index contributed by atoms with van der Waals surface area (Å²) in [6.07, 6.45) is -0.158. The van der Waals surface area contributed by atoms with E-state index in [1.165, 1.54) is 12.1 Å². The van der Waals surface area contributed by atoms with Crippen LogP contribution in [-0.4, -0.2) is 21.3 Å². The Labute approximate surface area is 182 Å². The Morgan fingerprint density at radius 3 is 2.52 bits per heavy atom. The van der Waals surface area contributed by atoms with Crippen LogP contribution in [0.15, 0.2) is 71.6 Å². The molecule has 1 N–H and O–H groups in total. The van der Waals surface area contributed by atoms with Gasteiger partial charge in [-0.3, -0.25) is 9.10 Å². The first kappa shape index (κ1) is 21.1. The molecule has 3 atom stereocenters. The van der Waals surface area contributed by atoms with Gasteiger partial charge in [0.25, 0.3) is 0 Å². The molecule has 0 bridgehead atoms. The van der Waals surface area contributed by atoms with Crippen LogP contribution in [0.4, 0.5) is 10.1 Å². The number of halogens is 1. The molecule has 0 aliphatic carbocycles. The molecule has 5 nitrogen and oxygen atoms in total. The number of benzene rings is 3. The highest BCUT2D eigenvalue weighted by atomic mass is 32.2. The number of rotatable bonds is 6. The number of carboxylic acids is 1. The van der Waals surface area contributed by atoms with Crippen LogP contribution < -0.4 is 9.04 Å². The van der Waals surface area contributed by atoms with Crippen molar-refractivity contribution in [3.63, 3.8) is 0 Å². The molecular formula is C24H22FNO4S. The number of hydrogen-bond donors (Lipinski definition) is 1. The van der Waals surface area contributed by atoms with Crippen molar-refractivity contribution in [2.45, 2.75) is 37.1 Å². The second-order valence-corrected chi connectivity index (χ2v) is 8.98. The van der Waals surface area contributed by atoms with E-state index in [2.05, 4.69) is 0 Å². The summed E-state index contributed by atoms with van der Waals surface area (Å²) in [5, 5.41) is 9.30. The average molecular weight is 440 g/mol. The first-order valence-electron chi connectivity index (χ1n) is 9.90. The van der Waals surface area contributed by atoms with Crippen LogP contribution in [0, 0.1) is 12.7 Å². The summed E-state index contributed by atoms with van der Waals surface area (Å²) in [6.45, 7) is 3.80. The van der Waals surface area contributed by atoms with Gasteiger partial charge < -0.3 is 9.84 Å². The van der Waals surface area contributed by atoms with Gasteiger partial charge in [0, 0.05) is 12.0 Å². The van der Waals surface area contributed by atoms with Crippen LogP contribution in [-0.2, 0) is 15.8 Å². The summed E-state index contributed by atoms with van der Waals surface area (Å²) in [5.74, 6) is -0.526. The molecule has 0 saturated heterocycles. The molecule has 1 heterocycles. The molecule has 3 unspecified atom stereocenters. The first-order chi connectivity index (χ1) is 14.8. The van der Waals surface area contributed by atoms with Gasteiger partial charge in [-0.1, -0.05) is 12.1 Å². The van der Waals surface area contributed by atoms with E-state index >= 15 is 0 Å². The number of carboxylic acid groups (broad SMARTS) is 1. The molecule has 7 heteroatoms. The lowest BCUT2D eigenvalue weighted by molar-refractivity contribution is -0.137. The largest absolute Gasteiger partial charge is 0.481 e. The number of nitrogens with zero attached hydrogens (tertiary/aromatic N) is 1. The molecule has 0 spiro atoms. The van der Waals surface area contributed by atoms with E-state index in [1.54, 1.807) is 34.6 Å². The molecule has 0 radical (unpaired) electrons. The Hall–Kier alpha value is -3.19. The SMILES string of the molecule is Cc1cccc(Oc2ccc(S(=O)N3c4ccc(F)cc4C(CC(=O)O)C3C)cc2)c1. The van der Waals surface area contributed by atoms with Crippen LogP contribution in [0.2, 0.25) is 0 Å². The Kier molecular flexibility index (Phi) is 5.78. The smallest absolute Gasteiger partial charge is 0.304 e. The average Bonchev–Trinajstić information content (AvgIpc) is 2.99. The highest BCUT2D eigenvalue weighted by molar-refractivity contribution is 7.86. The van der Waals surface area contributed by atoms with E-state index in [-0.39, 0.29) is 12.5 Å². The maximum absolute atomic E-state index is 13.8. The molecule has 1 aliphatic heterocycles. The van der Waals surface area contributed by atoms with Gasteiger partial charge in [-0.15, -0.1) is 0 Å². The van der Waals surface area contributed by atoms with Crippen molar-refractivity contribution < 1.29 is 23.2 Å². The Morgan fingerprint density at radius 2 is 1.84 bits per heavy atom. The fraction of sp³-hybridized carbons (Fsp3) is 0.208. The normalized spacial score (nSPS) is 18.5. The third-order valence-electron chi connectivity index (χ3n) is 5.40. The monoisotopic (exact) mass is 439 g/mol. The summed E-state index contributed by atoms with van der Waals surface area (Å²) in [5.41, 5.74) is 2.26. The van der Waals surface area contributed by atoms with E-state index in [0.29, 0.717) is 21.9 Å². The molecule has 1 aliphatic rings. The number of fused-ring (bicyclic) bond motifs is 1. The van der Waals surface area contributed by atoms with Crippen molar-refractivity contribution in [3.8, 4) is 11.5 Å². The summed E-state index contributed by atoms with van der Waals surface area (Å²) in [6, 6.07) is 18.5. The fourth-order valence-corrected chi connectivity index (χ4v) is 5.32. The highest BCUT2D eigenvalue weighted by Crippen LogP contribution is 2.44. The molecule has 160 valence electrons. The second-order valence-electron chi connectivity index (χ2n) is 7.61. The number of aliphatic carboxylic acids is 1. The van der Waals surface area contributed by atoms with E-state index in [4.69, 9.17) is 4.74 Å². The van der Waals surface area contributed by atoms with E-state index in [9.17, 15) is 18.5 Å². The zero-order valence-electron chi connectivity index (χ0n) is 17.1. The van der Waals surface area contributed by atoms with Gasteiger partial charge >= 0.3 is 5.97 Å². The number of ether oxygens (including phenoxy) is 1. The summed E-state index contributed by atoms with van der Waals surface area (Å²) in [4.78, 5) is 11.9. The minimum absolute atomic E-state index is 0.158. The van der Waals surface area contributed by atoms with Crippen molar-refractivity contribution in [1.29, 1.82) is 0 Å². The fourth-order valence-electron chi connectivity index (χ4n) is 3.93. The Bertz CT molecular complexity index is 1150. The lowest BCUT2D eigenvalue weighted by Gasteiger charge is -2.25. The molecule has 3 aromatic rings. The molecule has 0 amide bonds. The van der Waals surface area contributed by atoms with Crippen molar-refractivity contribution in [3.05, 3.63) is 83.7 Å². The van der Waals surface area contributed by atoms with Crippen LogP contribution in [0.5, 0.6) is 11.5 Å². The number of aryl methyl sites for hydroxylation is 1. The summed E-state index contributed by atoms with van der Waals surface area (Å²) >= 11 is 0. The van der Waals surface area contributed by atoms with Crippen molar-refractivity contribution in [2.75, 3.05) is 4.31 Å². The van der Waals surface area contributed by atoms with Crippen LogP contribution >= 0.6 is 0 Å². The van der Waals surface area contributed by atoms with Crippen LogP contribution in [0.1, 0.15) is 30.4 Å². The van der Waals surface area contributed by atoms with Gasteiger partial charge in [-0.25, -0.2) is 8.60 Å². The standard InChI is InChI=1S/C24H22FNO4S/c1-15-4-3-5-19(12-15)30-18-7-9-20(10-8-18)31(29)26-16(2)21(14-24(27)28)22-13-17(25)6-11-23(22)26/h3-13,16,21H,14H2,1-2H3,(H,27,28). The zero-order chi connectivity index (χ0) is 22.1. The molecule has 3 aromatic carbocycles. The molecule has 0 aromatic heterocycles. The molecule has 4 rings (SSSR count). The van der Waals surface area contributed by atoms with Crippen molar-refractivity contribution in [1.82, 2.24) is 0 Å². The maximum Gasteiger partial charge on any atom is 0.304 e. The van der Waals surface area contributed by atoms with E-state index in [1.807, 2.05) is 38.1 Å². The minimum Gasteiger partial charge on any atom is -0.481 e. The zero-order valence-corrected chi connectivity index (χ0v) is 17.9. The van der Waals surface area contributed by atoms with Gasteiger partial charge in [-0.2, -0.15) is 0 Å². The maximum atomic E-state index is 13.8. The van der Waals surface area contributed by atoms with E-state index in [0.717, 1.165) is 11.3 Å². The van der Waals surface area contributed by atoms with Gasteiger partial charge in [0.15, 0.2) is 11.0 Å². The molecular weight excluding hydrogens is 417 g/mol. The number of carbonyl (C=O) groups is 1. The molecule has 31 heavy (non-hydrogen) atoms. The lowest BCUT2D eigenvalue weighted by atomic mass is 9.93. The predicted molar refractivity (Wildman–Crippen MR) is 117 cm³/mol. The third kappa shape index (κ3) is 4.32. The summed E-state index contributed by atoms with van der Waals surface area (Å²) in [7, 11) is -1.59. The van der Waals surface area contributed by atoms with Crippen molar-refractivity contribution in [2.24, 2.45) is 0 Å². The third-order valence-corrected chi connectivity index (χ3v) is 6.96.